The highest BCUT2D eigenvalue weighted by molar-refractivity contribution is 6.01. The average Bonchev–Trinajstić information content (AvgIpc) is 3.61. The van der Waals surface area contributed by atoms with Gasteiger partial charge in [-0.25, -0.2) is 18.6 Å². The summed E-state index contributed by atoms with van der Waals surface area (Å²) in [5.74, 6) is -2.74. The fourth-order valence-corrected chi connectivity index (χ4v) is 5.91. The molecule has 1 aromatic carbocycles. The number of urea groups is 1. The third-order valence-corrected chi connectivity index (χ3v) is 7.91. The molecule has 202 valence electrons. The fraction of sp³-hybridized carbons (Fsp3) is 0.286. The van der Waals surface area contributed by atoms with E-state index in [9.17, 15) is 23.6 Å². The molecule has 1 fully saturated rings. The predicted octanol–water partition coefficient (Wildman–Crippen LogP) is 4.18. The third-order valence-electron chi connectivity index (χ3n) is 7.91. The van der Waals surface area contributed by atoms with Crippen LogP contribution in [0.3, 0.4) is 0 Å². The molecule has 0 atom stereocenters. The molecule has 0 bridgehead atoms. The van der Waals surface area contributed by atoms with Crippen LogP contribution < -0.4 is 5.56 Å². The minimum Gasteiger partial charge on any atom is -0.345 e. The topological polar surface area (TPSA) is 118 Å². The Morgan fingerprint density at radius 3 is 2.70 bits per heavy atom. The second-order valence-corrected chi connectivity index (χ2v) is 10.3. The van der Waals surface area contributed by atoms with E-state index in [2.05, 4.69) is 21.3 Å². The molecule has 0 aliphatic carbocycles. The van der Waals surface area contributed by atoms with Gasteiger partial charge in [0, 0.05) is 68.9 Å². The molecule has 7 rings (SSSR count). The zero-order valence-corrected chi connectivity index (χ0v) is 21.3. The lowest BCUT2D eigenvalue weighted by atomic mass is 10.0. The Bertz CT molecular complexity index is 1900. The Balaban J connectivity index is 1.32. The predicted molar refractivity (Wildman–Crippen MR) is 143 cm³/mol. The minimum atomic E-state index is -2.74. The molecular weight excluding hydrogens is 518 g/mol. The summed E-state index contributed by atoms with van der Waals surface area (Å²) in [4.78, 5) is 34.0. The number of amides is 2. The second kappa shape index (κ2) is 8.81. The molecular formula is C28H24F2N8O2. The number of imidazole rings is 1. The van der Waals surface area contributed by atoms with Crippen molar-refractivity contribution in [2.45, 2.75) is 31.9 Å². The van der Waals surface area contributed by atoms with Crippen molar-refractivity contribution >= 4 is 22.6 Å². The summed E-state index contributed by atoms with van der Waals surface area (Å²) in [6, 6.07) is 11.1. The molecule has 0 radical (unpaired) electrons. The van der Waals surface area contributed by atoms with Crippen LogP contribution in [0, 0.1) is 11.3 Å². The van der Waals surface area contributed by atoms with E-state index < -0.39 is 5.92 Å². The van der Waals surface area contributed by atoms with Crippen LogP contribution in [-0.4, -0.2) is 65.5 Å². The number of fused-ring (bicyclic) bond motifs is 1. The van der Waals surface area contributed by atoms with Crippen LogP contribution in [-0.2, 0) is 13.1 Å². The molecule has 1 saturated heterocycles. The van der Waals surface area contributed by atoms with E-state index >= 15 is 0 Å². The smallest absolute Gasteiger partial charge is 0.320 e. The summed E-state index contributed by atoms with van der Waals surface area (Å²) in [6.45, 7) is 1.10. The number of hydrogen-bond acceptors (Lipinski definition) is 4. The van der Waals surface area contributed by atoms with E-state index in [0.717, 1.165) is 22.0 Å². The molecule has 2 aliphatic rings. The lowest BCUT2D eigenvalue weighted by Crippen LogP contribution is -2.49. The van der Waals surface area contributed by atoms with Crippen molar-refractivity contribution in [1.82, 2.24) is 33.9 Å². The van der Waals surface area contributed by atoms with Crippen LogP contribution in [0.2, 0.25) is 0 Å². The number of halogens is 2. The molecule has 0 saturated carbocycles. The van der Waals surface area contributed by atoms with Crippen molar-refractivity contribution in [1.29, 1.82) is 5.26 Å². The van der Waals surface area contributed by atoms with Gasteiger partial charge in [0.05, 0.1) is 40.3 Å². The van der Waals surface area contributed by atoms with Gasteiger partial charge in [-0.3, -0.25) is 19.4 Å². The van der Waals surface area contributed by atoms with Crippen molar-refractivity contribution in [3.8, 4) is 28.6 Å². The molecule has 2 amide bonds. The molecule has 5 aromatic rings. The van der Waals surface area contributed by atoms with Crippen molar-refractivity contribution in [2.75, 3.05) is 19.6 Å². The van der Waals surface area contributed by atoms with Gasteiger partial charge in [0.15, 0.2) is 0 Å². The van der Waals surface area contributed by atoms with E-state index in [0.29, 0.717) is 41.3 Å². The number of pyridine rings is 1. The highest BCUT2D eigenvalue weighted by Gasteiger charge is 2.37. The quantitative estimate of drug-likeness (QED) is 0.348. The number of nitrogens with one attached hydrogen (secondary N) is 2. The van der Waals surface area contributed by atoms with Crippen molar-refractivity contribution in [3.63, 3.8) is 0 Å². The Hall–Kier alpha value is -4.92. The molecule has 6 heterocycles. The van der Waals surface area contributed by atoms with Crippen LogP contribution in [0.4, 0.5) is 13.6 Å². The van der Waals surface area contributed by atoms with Gasteiger partial charge < -0.3 is 14.4 Å². The molecule has 2 aliphatic heterocycles. The van der Waals surface area contributed by atoms with Gasteiger partial charge in [-0.1, -0.05) is 6.07 Å². The number of rotatable bonds is 2. The molecule has 12 heteroatoms. The number of alkyl halides is 2. The monoisotopic (exact) mass is 542 g/mol. The number of aromatic nitrogens is 5. The van der Waals surface area contributed by atoms with Gasteiger partial charge in [0.25, 0.3) is 11.5 Å². The van der Waals surface area contributed by atoms with Crippen LogP contribution >= 0.6 is 0 Å². The zero-order chi connectivity index (χ0) is 27.6. The van der Waals surface area contributed by atoms with Crippen LogP contribution in [0.15, 0.2) is 53.7 Å². The van der Waals surface area contributed by atoms with Gasteiger partial charge >= 0.3 is 6.03 Å². The summed E-state index contributed by atoms with van der Waals surface area (Å²) < 4.78 is 31.2. The van der Waals surface area contributed by atoms with Gasteiger partial charge in [-0.2, -0.15) is 5.26 Å². The molecule has 2 N–H and O–H groups in total. The van der Waals surface area contributed by atoms with E-state index in [1.165, 1.54) is 4.90 Å². The number of benzene rings is 1. The average molecular weight is 543 g/mol. The molecule has 0 spiro atoms. The molecule has 40 heavy (non-hydrogen) atoms. The Labute approximate surface area is 226 Å². The Morgan fingerprint density at radius 1 is 1.07 bits per heavy atom. The Morgan fingerprint density at radius 2 is 1.90 bits per heavy atom. The Kier molecular flexibility index (Phi) is 5.31. The van der Waals surface area contributed by atoms with Crippen molar-refractivity contribution in [2.24, 2.45) is 0 Å². The number of likely N-dealkylation sites (tertiary alicyclic amines) is 1. The number of nitriles is 1. The number of carbonyl (C=O) groups is 1. The minimum absolute atomic E-state index is 0.0132. The zero-order valence-electron chi connectivity index (χ0n) is 21.3. The largest absolute Gasteiger partial charge is 0.345 e. The lowest BCUT2D eigenvalue weighted by Gasteiger charge is -2.35. The van der Waals surface area contributed by atoms with E-state index in [-0.39, 0.29) is 44.1 Å². The summed E-state index contributed by atoms with van der Waals surface area (Å²) in [7, 11) is 0. The fourth-order valence-electron chi connectivity index (χ4n) is 5.91. The molecule has 10 nitrogen and oxygen atoms in total. The SMILES string of the molecule is N#Cc1cc2c3c(c1)c(-c1[nH][nH]c(=O)c1-c1cnc4ccccn14)cn3CCN(C(=O)N1CCC(F)(F)CC1)C2. The van der Waals surface area contributed by atoms with Crippen LogP contribution in [0.25, 0.3) is 39.1 Å². The summed E-state index contributed by atoms with van der Waals surface area (Å²) in [5, 5.41) is 16.3. The number of aromatic amines is 2. The van der Waals surface area contributed by atoms with Gasteiger partial charge in [-0.15, -0.1) is 0 Å². The first kappa shape index (κ1) is 24.1. The molecule has 4 aromatic heterocycles. The lowest BCUT2D eigenvalue weighted by molar-refractivity contribution is -0.0493. The maximum absolute atomic E-state index is 13.7. The second-order valence-electron chi connectivity index (χ2n) is 10.3. The number of piperidine rings is 1. The molecule has 0 unspecified atom stereocenters. The standard InChI is InChI=1S/C28H24F2N8O2/c29-28(30)4-7-35(8-5-28)27(40)37-10-9-36-16-20(19-12-17(13-31)11-18(15-37)25(19)36)24-23(26(39)34-33-24)21-14-32-22-3-1-2-6-38(21)22/h1-3,6,11-12,14,16H,4-5,7-10,15H2,(H2,33,34,39). The maximum atomic E-state index is 13.7. The van der Waals surface area contributed by atoms with Gasteiger partial charge in [0.2, 0.25) is 0 Å². The maximum Gasteiger partial charge on any atom is 0.320 e. The normalized spacial score (nSPS) is 16.8. The van der Waals surface area contributed by atoms with Gasteiger partial charge in [0.1, 0.15) is 5.65 Å². The summed E-state index contributed by atoms with van der Waals surface area (Å²) >= 11 is 0. The van der Waals surface area contributed by atoms with Gasteiger partial charge in [-0.05, 0) is 29.8 Å². The number of carbonyl (C=O) groups excluding carboxylic acids is 1. The van der Waals surface area contributed by atoms with E-state index in [4.69, 9.17) is 0 Å². The number of hydrogen-bond donors (Lipinski definition) is 2. The highest BCUT2D eigenvalue weighted by Crippen LogP contribution is 2.38. The van der Waals surface area contributed by atoms with Crippen molar-refractivity contribution in [3.05, 3.63) is 70.4 Å². The third kappa shape index (κ3) is 3.77. The first-order chi connectivity index (χ1) is 19.3. The van der Waals surface area contributed by atoms with Crippen LogP contribution in [0.5, 0.6) is 0 Å². The number of H-pyrrole nitrogens is 2. The van der Waals surface area contributed by atoms with Crippen molar-refractivity contribution < 1.29 is 13.6 Å². The highest BCUT2D eigenvalue weighted by atomic mass is 19.3. The van der Waals surface area contributed by atoms with E-state index in [1.807, 2.05) is 39.6 Å². The van der Waals surface area contributed by atoms with Crippen LogP contribution in [0.1, 0.15) is 24.0 Å². The first-order valence-corrected chi connectivity index (χ1v) is 13.0. The first-order valence-electron chi connectivity index (χ1n) is 13.0. The summed E-state index contributed by atoms with van der Waals surface area (Å²) in [5.41, 5.74) is 4.84. The number of nitrogens with zero attached hydrogens (tertiary/aromatic N) is 6. The van der Waals surface area contributed by atoms with E-state index in [1.54, 1.807) is 23.2 Å². The summed E-state index contributed by atoms with van der Waals surface area (Å²) in [6.07, 6.45) is 4.75.